The van der Waals surface area contributed by atoms with E-state index in [9.17, 15) is 9.90 Å². The van der Waals surface area contributed by atoms with E-state index in [0.29, 0.717) is 18.9 Å². The molecule has 36 heavy (non-hydrogen) atoms. The van der Waals surface area contributed by atoms with E-state index in [1.807, 2.05) is 25.7 Å². The van der Waals surface area contributed by atoms with Crippen molar-refractivity contribution < 1.29 is 23.6 Å². The van der Waals surface area contributed by atoms with Crippen molar-refractivity contribution in [1.29, 1.82) is 0 Å². The molecule has 1 aromatic heterocycles. The number of nitrogens with zero attached hydrogens (tertiary/aromatic N) is 2. The molecule has 1 amide bonds. The Hall–Kier alpha value is -1.90. The van der Waals surface area contributed by atoms with Gasteiger partial charge >= 0.3 is 6.09 Å². The number of hydrogen-bond donors (Lipinski definition) is 1. The van der Waals surface area contributed by atoms with Gasteiger partial charge in [-0.3, -0.25) is 0 Å². The highest BCUT2D eigenvalue weighted by molar-refractivity contribution is 6.74. The van der Waals surface area contributed by atoms with Gasteiger partial charge < -0.3 is 23.7 Å². The molecular weight excluding hydrogens is 472 g/mol. The molecule has 0 spiro atoms. The molecule has 2 aromatic rings. The lowest BCUT2D eigenvalue weighted by Crippen LogP contribution is -2.41. The number of hydrogen-bond acceptors (Lipinski definition) is 6. The summed E-state index contributed by atoms with van der Waals surface area (Å²) in [7, 11) is -1.94. The summed E-state index contributed by atoms with van der Waals surface area (Å²) in [5.74, 6) is 0.547. The molecule has 1 N–H and O–H groups in total. The van der Waals surface area contributed by atoms with Gasteiger partial charge in [-0.05, 0) is 88.6 Å². The maximum absolute atomic E-state index is 12.3. The molecule has 1 saturated heterocycles. The molecule has 0 aliphatic carbocycles. The third-order valence-electron chi connectivity index (χ3n) is 7.74. The molecule has 0 bridgehead atoms. The van der Waals surface area contributed by atoms with Gasteiger partial charge in [0.15, 0.2) is 13.9 Å². The molecule has 0 radical (unpaired) electrons. The summed E-state index contributed by atoms with van der Waals surface area (Å²) in [5.41, 5.74) is 3.36. The number of carbonyl (C=O) groups excluding carboxylic acids is 1. The minimum absolute atomic E-state index is 0.0849. The average Bonchev–Trinajstić information content (AvgIpc) is 3.18. The minimum atomic E-state index is -1.94. The number of amides is 1. The maximum atomic E-state index is 12.3. The Balaban J connectivity index is 1.67. The highest BCUT2D eigenvalue weighted by atomic mass is 28.4. The number of piperidine rings is 1. The summed E-state index contributed by atoms with van der Waals surface area (Å²) < 4.78 is 17.9. The van der Waals surface area contributed by atoms with Gasteiger partial charge in [-0.15, -0.1) is 0 Å². The number of aliphatic hydroxyl groups is 1. The van der Waals surface area contributed by atoms with Crippen LogP contribution in [0.15, 0.2) is 16.7 Å². The van der Waals surface area contributed by atoms with E-state index < -0.39 is 13.9 Å². The van der Waals surface area contributed by atoms with Gasteiger partial charge in [0.05, 0.1) is 12.3 Å². The molecular formula is C28H46N2O5Si. The van der Waals surface area contributed by atoms with Crippen LogP contribution in [0.2, 0.25) is 18.1 Å². The molecule has 1 aliphatic heterocycles. The van der Waals surface area contributed by atoms with Crippen molar-refractivity contribution in [2.24, 2.45) is 5.92 Å². The van der Waals surface area contributed by atoms with Gasteiger partial charge in [0.25, 0.3) is 0 Å². The normalized spacial score (nSPS) is 16.1. The average molecular weight is 519 g/mol. The zero-order chi connectivity index (χ0) is 26.7. The van der Waals surface area contributed by atoms with Crippen molar-refractivity contribution in [3.8, 4) is 0 Å². The summed E-state index contributed by atoms with van der Waals surface area (Å²) >= 11 is 0. The van der Waals surface area contributed by atoms with Crippen molar-refractivity contribution >= 4 is 25.4 Å². The molecule has 1 aromatic carbocycles. The molecule has 3 rings (SSSR count). The zero-order valence-corrected chi connectivity index (χ0v) is 24.6. The van der Waals surface area contributed by atoms with Crippen LogP contribution >= 0.6 is 0 Å². The monoisotopic (exact) mass is 518 g/mol. The number of rotatable bonds is 8. The van der Waals surface area contributed by atoms with Crippen LogP contribution in [0.25, 0.3) is 11.0 Å². The van der Waals surface area contributed by atoms with E-state index in [4.69, 9.17) is 13.7 Å². The number of aliphatic hydroxyl groups excluding tert-OH is 1. The Morgan fingerprint density at radius 1 is 1.14 bits per heavy atom. The van der Waals surface area contributed by atoms with E-state index in [0.717, 1.165) is 66.6 Å². The second-order valence-corrected chi connectivity index (χ2v) is 17.5. The van der Waals surface area contributed by atoms with Gasteiger partial charge in [0.1, 0.15) is 5.60 Å². The van der Waals surface area contributed by atoms with Crippen LogP contribution in [0.1, 0.15) is 77.6 Å². The van der Waals surface area contributed by atoms with Crippen molar-refractivity contribution in [2.45, 2.75) is 104 Å². The van der Waals surface area contributed by atoms with E-state index in [2.05, 4.69) is 51.2 Å². The molecule has 0 atom stereocenters. The van der Waals surface area contributed by atoms with Crippen LogP contribution in [0.5, 0.6) is 0 Å². The lowest BCUT2D eigenvalue weighted by Gasteiger charge is -2.36. The predicted molar refractivity (Wildman–Crippen MR) is 146 cm³/mol. The topological polar surface area (TPSA) is 85.0 Å². The third-order valence-corrected chi connectivity index (χ3v) is 12.2. The minimum Gasteiger partial charge on any atom is -0.444 e. The SMILES string of the molecule is CC(C)(C)OC(=O)N1CCC(CCc2noc3c(CO[Si](C)(C)C(C)(C)C)c(CCO)ccc23)CC1. The number of likely N-dealkylation sites (tertiary alicyclic amines) is 1. The Morgan fingerprint density at radius 2 is 1.81 bits per heavy atom. The summed E-state index contributed by atoms with van der Waals surface area (Å²) in [5, 5.41) is 15.2. The highest BCUT2D eigenvalue weighted by Crippen LogP contribution is 2.38. The fourth-order valence-electron chi connectivity index (χ4n) is 4.38. The van der Waals surface area contributed by atoms with Gasteiger partial charge in [-0.2, -0.15) is 0 Å². The summed E-state index contributed by atoms with van der Waals surface area (Å²) in [4.78, 5) is 14.2. The Labute approximate surface area is 217 Å². The first-order chi connectivity index (χ1) is 16.7. The number of benzene rings is 1. The zero-order valence-electron chi connectivity index (χ0n) is 23.6. The molecule has 0 saturated carbocycles. The second-order valence-electron chi connectivity index (χ2n) is 12.7. The number of fused-ring (bicyclic) bond motifs is 1. The quantitative estimate of drug-likeness (QED) is 0.404. The van der Waals surface area contributed by atoms with Crippen LogP contribution in [0, 0.1) is 5.92 Å². The Kier molecular flexibility index (Phi) is 8.94. The van der Waals surface area contributed by atoms with E-state index in [-0.39, 0.29) is 17.7 Å². The van der Waals surface area contributed by atoms with E-state index in [1.54, 1.807) is 0 Å². The summed E-state index contributed by atoms with van der Waals surface area (Å²) in [6, 6.07) is 4.16. The maximum Gasteiger partial charge on any atom is 0.410 e. The van der Waals surface area contributed by atoms with Crippen molar-refractivity contribution in [3.63, 3.8) is 0 Å². The lowest BCUT2D eigenvalue weighted by molar-refractivity contribution is 0.0181. The molecule has 0 unspecified atom stereocenters. The number of aromatic nitrogens is 1. The smallest absolute Gasteiger partial charge is 0.410 e. The van der Waals surface area contributed by atoms with Crippen molar-refractivity contribution in [3.05, 3.63) is 29.0 Å². The van der Waals surface area contributed by atoms with Crippen LogP contribution in [0.4, 0.5) is 4.79 Å². The highest BCUT2D eigenvalue weighted by Gasteiger charge is 2.37. The van der Waals surface area contributed by atoms with E-state index >= 15 is 0 Å². The Morgan fingerprint density at radius 3 is 2.39 bits per heavy atom. The number of carbonyl (C=O) groups is 1. The molecule has 1 fully saturated rings. The summed E-state index contributed by atoms with van der Waals surface area (Å²) in [6.07, 6.45) is 4.15. The fraction of sp³-hybridized carbons (Fsp3) is 0.714. The number of aryl methyl sites for hydroxylation is 1. The van der Waals surface area contributed by atoms with Crippen LogP contribution in [-0.4, -0.2) is 54.9 Å². The first-order valence-electron chi connectivity index (χ1n) is 13.3. The third kappa shape index (κ3) is 7.10. The molecule has 8 heteroatoms. The van der Waals surface area contributed by atoms with Crippen LogP contribution in [0.3, 0.4) is 0 Å². The molecule has 7 nitrogen and oxygen atoms in total. The van der Waals surface area contributed by atoms with Crippen LogP contribution < -0.4 is 0 Å². The fourth-order valence-corrected chi connectivity index (χ4v) is 5.32. The van der Waals surface area contributed by atoms with Gasteiger partial charge in [0.2, 0.25) is 0 Å². The first kappa shape index (κ1) is 28.7. The summed E-state index contributed by atoms with van der Waals surface area (Å²) in [6.45, 7) is 18.9. The van der Waals surface area contributed by atoms with Gasteiger partial charge in [0, 0.05) is 30.6 Å². The molecule has 1 aliphatic rings. The number of ether oxygens (including phenoxy) is 1. The first-order valence-corrected chi connectivity index (χ1v) is 16.2. The van der Waals surface area contributed by atoms with Crippen molar-refractivity contribution in [2.75, 3.05) is 19.7 Å². The van der Waals surface area contributed by atoms with E-state index in [1.165, 1.54) is 0 Å². The second kappa shape index (κ2) is 11.2. The Bertz CT molecular complexity index is 1030. The van der Waals surface area contributed by atoms with Gasteiger partial charge in [-0.1, -0.05) is 32.0 Å². The lowest BCUT2D eigenvalue weighted by atomic mass is 9.91. The van der Waals surface area contributed by atoms with Crippen molar-refractivity contribution in [1.82, 2.24) is 10.1 Å². The molecule has 2 heterocycles. The largest absolute Gasteiger partial charge is 0.444 e. The molecule has 202 valence electrons. The van der Waals surface area contributed by atoms with Crippen LogP contribution in [-0.2, 0) is 28.6 Å². The van der Waals surface area contributed by atoms with Gasteiger partial charge in [-0.25, -0.2) is 4.79 Å². The standard InChI is InChI=1S/C28H46N2O5Si/c1-27(2,3)34-26(32)30-16-13-20(14-17-30)9-12-24-22-11-10-21(15-18-31)23(25(22)35-29-24)19-33-36(7,8)28(4,5)6/h10-11,20,31H,9,12-19H2,1-8H3. The predicted octanol–water partition coefficient (Wildman–Crippen LogP) is 6.46.